The Balaban J connectivity index is 1.54. The van der Waals surface area contributed by atoms with E-state index in [9.17, 15) is 22.8 Å². The normalized spacial score (nSPS) is 17.9. The first-order valence-electron chi connectivity index (χ1n) is 8.56. The number of carbonyl (C=O) groups is 2. The number of nitrogens with one attached hydrogen (secondary N) is 3. The Morgan fingerprint density at radius 2 is 1.93 bits per heavy atom. The lowest BCUT2D eigenvalue weighted by Gasteiger charge is -2.11. The Bertz CT molecular complexity index is 945. The highest BCUT2D eigenvalue weighted by Gasteiger charge is 2.31. The number of aliphatic imine (C=N–C) groups is 1. The molecular weight excluding hydrogens is 405 g/mol. The van der Waals surface area contributed by atoms with Gasteiger partial charge in [0.15, 0.2) is 5.17 Å². The third kappa shape index (κ3) is 5.74. The first-order chi connectivity index (χ1) is 13.7. The van der Waals surface area contributed by atoms with Gasteiger partial charge in [-0.3, -0.25) is 4.79 Å². The van der Waals surface area contributed by atoms with Gasteiger partial charge in [0, 0.05) is 12.2 Å². The molecule has 1 unspecified atom stereocenters. The first-order valence-corrected chi connectivity index (χ1v) is 9.44. The van der Waals surface area contributed by atoms with E-state index in [2.05, 4.69) is 20.9 Å². The SMILES string of the molecule is Cc1ccc(/N=C2/NC(=O)C(CNC(=O)Nc3cccc(C(F)(F)F)c3)S2)cc1. The molecule has 152 valence electrons. The van der Waals surface area contributed by atoms with Crippen LogP contribution in [0.2, 0.25) is 0 Å². The van der Waals surface area contributed by atoms with Gasteiger partial charge < -0.3 is 16.0 Å². The second kappa shape index (κ2) is 8.56. The molecule has 1 atom stereocenters. The van der Waals surface area contributed by atoms with Crippen molar-refractivity contribution in [1.29, 1.82) is 0 Å². The Labute approximate surface area is 169 Å². The van der Waals surface area contributed by atoms with Crippen molar-refractivity contribution in [2.45, 2.75) is 18.3 Å². The lowest BCUT2D eigenvalue weighted by molar-refractivity contribution is -0.137. The minimum atomic E-state index is -4.50. The Morgan fingerprint density at radius 3 is 2.62 bits per heavy atom. The van der Waals surface area contributed by atoms with Crippen molar-refractivity contribution in [3.05, 3.63) is 59.7 Å². The molecule has 1 heterocycles. The molecule has 1 fully saturated rings. The average molecular weight is 422 g/mol. The molecule has 29 heavy (non-hydrogen) atoms. The molecule has 3 N–H and O–H groups in total. The fourth-order valence-corrected chi connectivity index (χ4v) is 3.38. The maximum atomic E-state index is 12.7. The predicted octanol–water partition coefficient (Wildman–Crippen LogP) is 4.05. The first kappa shape index (κ1) is 20.7. The Morgan fingerprint density at radius 1 is 1.21 bits per heavy atom. The van der Waals surface area contributed by atoms with E-state index in [-0.39, 0.29) is 18.1 Å². The number of thioether (sulfide) groups is 1. The van der Waals surface area contributed by atoms with E-state index < -0.39 is 23.0 Å². The van der Waals surface area contributed by atoms with Crippen molar-refractivity contribution in [3.8, 4) is 0 Å². The van der Waals surface area contributed by atoms with E-state index in [1.165, 1.54) is 23.9 Å². The number of amidine groups is 1. The van der Waals surface area contributed by atoms with Gasteiger partial charge in [0.05, 0.1) is 11.3 Å². The third-order valence-electron chi connectivity index (χ3n) is 3.94. The van der Waals surface area contributed by atoms with Gasteiger partial charge in [0.25, 0.3) is 0 Å². The van der Waals surface area contributed by atoms with E-state index in [4.69, 9.17) is 0 Å². The number of alkyl halides is 3. The molecule has 3 rings (SSSR count). The largest absolute Gasteiger partial charge is 0.416 e. The highest BCUT2D eigenvalue weighted by atomic mass is 32.2. The second-order valence-electron chi connectivity index (χ2n) is 6.26. The molecular formula is C19H17F3N4O2S. The quantitative estimate of drug-likeness (QED) is 0.695. The summed E-state index contributed by atoms with van der Waals surface area (Å²) in [7, 11) is 0. The summed E-state index contributed by atoms with van der Waals surface area (Å²) in [4.78, 5) is 28.4. The van der Waals surface area contributed by atoms with Gasteiger partial charge in [0.1, 0.15) is 5.25 Å². The zero-order valence-electron chi connectivity index (χ0n) is 15.2. The van der Waals surface area contributed by atoms with Gasteiger partial charge in [-0.1, -0.05) is 35.5 Å². The van der Waals surface area contributed by atoms with Crippen LogP contribution in [0.3, 0.4) is 0 Å². The van der Waals surface area contributed by atoms with Crippen LogP contribution in [0.1, 0.15) is 11.1 Å². The maximum Gasteiger partial charge on any atom is 0.416 e. The summed E-state index contributed by atoms with van der Waals surface area (Å²) >= 11 is 1.17. The summed E-state index contributed by atoms with van der Waals surface area (Å²) in [6, 6.07) is 11.0. The molecule has 6 nitrogen and oxygen atoms in total. The number of aryl methyl sites for hydroxylation is 1. The summed E-state index contributed by atoms with van der Waals surface area (Å²) in [5.74, 6) is -0.305. The fourth-order valence-electron chi connectivity index (χ4n) is 2.46. The molecule has 0 saturated carbocycles. The highest BCUT2D eigenvalue weighted by molar-refractivity contribution is 8.15. The molecule has 0 spiro atoms. The molecule has 0 bridgehead atoms. The number of rotatable bonds is 4. The minimum absolute atomic E-state index is 0.00229. The summed E-state index contributed by atoms with van der Waals surface area (Å²) in [5.41, 5.74) is 0.917. The second-order valence-corrected chi connectivity index (χ2v) is 7.45. The lowest BCUT2D eigenvalue weighted by atomic mass is 10.2. The van der Waals surface area contributed by atoms with Crippen LogP contribution in [-0.2, 0) is 11.0 Å². The molecule has 2 aromatic rings. The molecule has 2 aromatic carbocycles. The molecule has 3 amide bonds. The van der Waals surface area contributed by atoms with Gasteiger partial charge in [-0.05, 0) is 37.3 Å². The van der Waals surface area contributed by atoms with E-state index in [1.54, 1.807) is 0 Å². The molecule has 0 aliphatic carbocycles. The maximum absolute atomic E-state index is 12.7. The number of anilines is 1. The molecule has 1 aliphatic heterocycles. The number of benzene rings is 2. The van der Waals surface area contributed by atoms with Crippen LogP contribution >= 0.6 is 11.8 Å². The molecule has 0 radical (unpaired) electrons. The van der Waals surface area contributed by atoms with Crippen LogP contribution in [0.15, 0.2) is 53.5 Å². The van der Waals surface area contributed by atoms with Crippen LogP contribution in [0, 0.1) is 6.92 Å². The number of carbonyl (C=O) groups excluding carboxylic acids is 2. The molecule has 0 aromatic heterocycles. The van der Waals surface area contributed by atoms with Crippen LogP contribution in [0.5, 0.6) is 0 Å². The number of nitrogens with zero attached hydrogens (tertiary/aromatic N) is 1. The standard InChI is InChI=1S/C19H17F3N4O2S/c1-11-5-7-13(8-6-11)25-18-26-16(27)15(29-18)10-23-17(28)24-14-4-2-3-12(9-14)19(20,21)22/h2-9,15H,10H2,1H3,(H2,23,24,28)(H,25,26,27). The topological polar surface area (TPSA) is 82.6 Å². The number of amides is 3. The van der Waals surface area contributed by atoms with Crippen molar-refractivity contribution >= 4 is 40.2 Å². The van der Waals surface area contributed by atoms with Gasteiger partial charge in [-0.2, -0.15) is 13.2 Å². The Kier molecular flexibility index (Phi) is 6.12. The van der Waals surface area contributed by atoms with Crippen LogP contribution in [-0.4, -0.2) is 28.9 Å². The highest BCUT2D eigenvalue weighted by Crippen LogP contribution is 2.30. The zero-order chi connectivity index (χ0) is 21.0. The average Bonchev–Trinajstić information content (AvgIpc) is 3.01. The summed E-state index contributed by atoms with van der Waals surface area (Å²) in [5, 5.41) is 7.28. The van der Waals surface area contributed by atoms with Gasteiger partial charge in [0.2, 0.25) is 5.91 Å². The van der Waals surface area contributed by atoms with Crippen molar-refractivity contribution in [1.82, 2.24) is 10.6 Å². The van der Waals surface area contributed by atoms with Crippen molar-refractivity contribution < 1.29 is 22.8 Å². The zero-order valence-corrected chi connectivity index (χ0v) is 16.0. The number of hydrogen-bond donors (Lipinski definition) is 3. The van der Waals surface area contributed by atoms with Crippen LogP contribution in [0.4, 0.5) is 29.3 Å². The number of halogens is 3. The van der Waals surface area contributed by atoms with E-state index >= 15 is 0 Å². The predicted molar refractivity (Wildman–Crippen MR) is 106 cm³/mol. The van der Waals surface area contributed by atoms with Gasteiger partial charge in [-0.25, -0.2) is 9.79 Å². The molecule has 10 heteroatoms. The van der Waals surface area contributed by atoms with Gasteiger partial charge >= 0.3 is 12.2 Å². The smallest absolute Gasteiger partial charge is 0.336 e. The van der Waals surface area contributed by atoms with Crippen LogP contribution < -0.4 is 16.0 Å². The van der Waals surface area contributed by atoms with E-state index in [0.717, 1.165) is 17.7 Å². The third-order valence-corrected chi connectivity index (χ3v) is 5.02. The van der Waals surface area contributed by atoms with Crippen molar-refractivity contribution in [2.24, 2.45) is 4.99 Å². The molecule has 1 aliphatic rings. The van der Waals surface area contributed by atoms with Crippen LogP contribution in [0.25, 0.3) is 0 Å². The van der Waals surface area contributed by atoms with E-state index in [0.29, 0.717) is 10.9 Å². The Hall–Kier alpha value is -3.01. The van der Waals surface area contributed by atoms with Crippen molar-refractivity contribution in [2.75, 3.05) is 11.9 Å². The summed E-state index contributed by atoms with van der Waals surface area (Å²) in [6.07, 6.45) is -4.50. The lowest BCUT2D eigenvalue weighted by Crippen LogP contribution is -2.37. The summed E-state index contributed by atoms with van der Waals surface area (Å²) < 4.78 is 38.2. The molecule has 1 saturated heterocycles. The van der Waals surface area contributed by atoms with Gasteiger partial charge in [-0.15, -0.1) is 0 Å². The van der Waals surface area contributed by atoms with E-state index in [1.807, 2.05) is 31.2 Å². The monoisotopic (exact) mass is 422 g/mol. The number of urea groups is 1. The fraction of sp³-hybridized carbons (Fsp3) is 0.211. The summed E-state index contributed by atoms with van der Waals surface area (Å²) in [6.45, 7) is 1.95. The number of hydrogen-bond acceptors (Lipinski definition) is 4. The van der Waals surface area contributed by atoms with Crippen molar-refractivity contribution in [3.63, 3.8) is 0 Å². The minimum Gasteiger partial charge on any atom is -0.336 e.